The normalized spacial score (nSPS) is 15.4. The summed E-state index contributed by atoms with van der Waals surface area (Å²) in [5.41, 5.74) is 3.18. The third-order valence-corrected chi connectivity index (χ3v) is 10.3. The summed E-state index contributed by atoms with van der Waals surface area (Å²) >= 11 is 14.0. The summed E-state index contributed by atoms with van der Waals surface area (Å²) in [6.07, 6.45) is 3.66. The minimum atomic E-state index is -0.801. The third-order valence-electron chi connectivity index (χ3n) is 8.68. The number of hydrogen-bond acceptors (Lipinski definition) is 6. The minimum absolute atomic E-state index is 0.0414. The molecule has 2 aliphatic heterocycles. The number of fused-ring (bicyclic) bond motifs is 2. The van der Waals surface area contributed by atoms with Gasteiger partial charge in [0.05, 0.1) is 17.0 Å². The van der Waals surface area contributed by atoms with Crippen molar-refractivity contribution in [2.75, 3.05) is 51.7 Å². The van der Waals surface area contributed by atoms with Gasteiger partial charge < -0.3 is 19.8 Å². The van der Waals surface area contributed by atoms with Crippen molar-refractivity contribution >= 4 is 52.1 Å². The highest BCUT2D eigenvalue weighted by molar-refractivity contribution is 7.99. The molecule has 0 aliphatic carbocycles. The number of rotatable bonds is 10. The van der Waals surface area contributed by atoms with E-state index in [0.717, 1.165) is 56.2 Å². The number of anilines is 2. The SMILES string of the molecule is CN(C)CCCN1c2ccccc2Sc2ccc(Cl)cc21.O=C(CCCN1CCC(O)(c2ccc(Cl)cc2)CC1)c1ccc(F)cc1. The standard InChI is InChI=1S/C21H23ClFNO2.C17H19ClN2S/c22-18-7-5-17(6-8-18)21(26)11-14-24(15-12-21)13-1-2-20(25)16-3-9-19(23)10-4-16;1-19(2)10-5-11-20-14-6-3-4-7-16(14)21-17-9-8-13(18)12-15(17)20/h3-10,26H,1-2,11-15H2;3-4,6-9,12H,5,10-11H2,1-2H3. The highest BCUT2D eigenvalue weighted by Gasteiger charge is 2.33. The first-order valence-electron chi connectivity index (χ1n) is 16.1. The van der Waals surface area contributed by atoms with Crippen LogP contribution < -0.4 is 4.90 Å². The molecule has 248 valence electrons. The van der Waals surface area contributed by atoms with E-state index in [4.69, 9.17) is 23.2 Å². The molecule has 1 saturated heterocycles. The van der Waals surface area contributed by atoms with E-state index < -0.39 is 5.60 Å². The quantitative estimate of drug-likeness (QED) is 0.167. The fraction of sp³-hybridized carbons (Fsp3) is 0.342. The van der Waals surface area contributed by atoms with Gasteiger partial charge in [0.15, 0.2) is 5.78 Å². The first kappa shape index (κ1) is 35.4. The second kappa shape index (κ2) is 16.5. The van der Waals surface area contributed by atoms with E-state index in [1.807, 2.05) is 42.1 Å². The number of carbonyl (C=O) groups is 1. The minimum Gasteiger partial charge on any atom is -0.385 e. The van der Waals surface area contributed by atoms with Crippen molar-refractivity contribution in [3.8, 4) is 0 Å². The van der Waals surface area contributed by atoms with Crippen LogP contribution in [-0.2, 0) is 5.60 Å². The molecule has 9 heteroatoms. The zero-order valence-electron chi connectivity index (χ0n) is 27.0. The zero-order chi connectivity index (χ0) is 33.4. The zero-order valence-corrected chi connectivity index (χ0v) is 29.3. The second-order valence-corrected chi connectivity index (χ2v) is 14.4. The Morgan fingerprint density at radius 2 is 1.51 bits per heavy atom. The average Bonchev–Trinajstić information content (AvgIpc) is 3.06. The Labute approximate surface area is 292 Å². The molecule has 2 heterocycles. The molecule has 0 aromatic heterocycles. The van der Waals surface area contributed by atoms with Gasteiger partial charge in [0.1, 0.15) is 5.82 Å². The molecule has 0 spiro atoms. The molecule has 4 aromatic carbocycles. The summed E-state index contributed by atoms with van der Waals surface area (Å²) in [7, 11) is 4.23. The summed E-state index contributed by atoms with van der Waals surface area (Å²) < 4.78 is 12.9. The molecule has 4 aromatic rings. The lowest BCUT2D eigenvalue weighted by Gasteiger charge is -2.38. The van der Waals surface area contributed by atoms with Gasteiger partial charge in [-0.05, 0) is 125 Å². The van der Waals surface area contributed by atoms with Gasteiger partial charge in [-0.3, -0.25) is 4.79 Å². The third kappa shape index (κ3) is 9.59. The molecular formula is C38H42Cl2FN3O2S. The summed E-state index contributed by atoms with van der Waals surface area (Å²) in [6, 6.07) is 27.9. The molecule has 6 rings (SSSR count). The Bertz CT molecular complexity index is 1630. The number of benzene rings is 4. The molecule has 5 nitrogen and oxygen atoms in total. The van der Waals surface area contributed by atoms with Gasteiger partial charge in [-0.15, -0.1) is 0 Å². The Morgan fingerprint density at radius 3 is 2.21 bits per heavy atom. The number of carbonyl (C=O) groups excluding carboxylic acids is 1. The van der Waals surface area contributed by atoms with Gasteiger partial charge in [0.2, 0.25) is 0 Å². The van der Waals surface area contributed by atoms with Crippen LogP contribution in [-0.4, -0.2) is 67.5 Å². The number of halogens is 3. The first-order valence-corrected chi connectivity index (χ1v) is 17.7. The van der Waals surface area contributed by atoms with E-state index in [0.29, 0.717) is 29.8 Å². The monoisotopic (exact) mass is 693 g/mol. The summed E-state index contributed by atoms with van der Waals surface area (Å²) in [4.78, 5) is 21.6. The number of piperidine rings is 1. The summed E-state index contributed by atoms with van der Waals surface area (Å²) in [5.74, 6) is -0.289. The van der Waals surface area contributed by atoms with Crippen molar-refractivity contribution in [2.45, 2.75) is 47.5 Å². The van der Waals surface area contributed by atoms with Crippen molar-refractivity contribution in [2.24, 2.45) is 0 Å². The fourth-order valence-corrected chi connectivity index (χ4v) is 7.40. The number of nitrogens with zero attached hydrogens (tertiary/aromatic N) is 3. The van der Waals surface area contributed by atoms with Crippen LogP contribution in [0.3, 0.4) is 0 Å². The van der Waals surface area contributed by atoms with Crippen molar-refractivity contribution in [3.63, 3.8) is 0 Å². The number of ketones is 1. The highest BCUT2D eigenvalue weighted by atomic mass is 35.5. The van der Waals surface area contributed by atoms with Crippen LogP contribution in [0.5, 0.6) is 0 Å². The van der Waals surface area contributed by atoms with Gasteiger partial charge in [-0.1, -0.05) is 59.2 Å². The smallest absolute Gasteiger partial charge is 0.162 e. The molecule has 0 bridgehead atoms. The lowest BCUT2D eigenvalue weighted by molar-refractivity contribution is -0.0260. The molecule has 0 unspecified atom stereocenters. The maximum absolute atomic E-state index is 12.9. The predicted octanol–water partition coefficient (Wildman–Crippen LogP) is 9.32. The number of hydrogen-bond donors (Lipinski definition) is 1. The molecule has 0 amide bonds. The van der Waals surface area contributed by atoms with E-state index in [2.05, 4.69) is 65.2 Å². The second-order valence-electron chi connectivity index (χ2n) is 12.4. The topological polar surface area (TPSA) is 47.0 Å². The van der Waals surface area contributed by atoms with Crippen LogP contribution in [0.1, 0.15) is 48.0 Å². The van der Waals surface area contributed by atoms with E-state index in [9.17, 15) is 14.3 Å². The summed E-state index contributed by atoms with van der Waals surface area (Å²) in [6.45, 7) is 4.50. The van der Waals surface area contributed by atoms with Gasteiger partial charge in [0.25, 0.3) is 0 Å². The molecule has 0 radical (unpaired) electrons. The Kier molecular flexibility index (Phi) is 12.4. The van der Waals surface area contributed by atoms with Gasteiger partial charge >= 0.3 is 0 Å². The number of aliphatic hydroxyl groups is 1. The Morgan fingerprint density at radius 1 is 0.851 bits per heavy atom. The molecule has 1 N–H and O–H groups in total. The number of Topliss-reactive ketones (excluding diaryl/α,β-unsaturated/α-hetero) is 1. The van der Waals surface area contributed by atoms with Crippen molar-refractivity contribution in [1.82, 2.24) is 9.80 Å². The van der Waals surface area contributed by atoms with Crippen LogP contribution in [0.25, 0.3) is 0 Å². The van der Waals surface area contributed by atoms with Gasteiger partial charge in [-0.25, -0.2) is 4.39 Å². The van der Waals surface area contributed by atoms with Gasteiger partial charge in [0, 0.05) is 51.5 Å². The van der Waals surface area contributed by atoms with Crippen molar-refractivity contribution in [1.29, 1.82) is 0 Å². The van der Waals surface area contributed by atoms with Crippen molar-refractivity contribution in [3.05, 3.63) is 118 Å². The van der Waals surface area contributed by atoms with Crippen LogP contribution >= 0.6 is 35.0 Å². The van der Waals surface area contributed by atoms with E-state index >= 15 is 0 Å². The number of likely N-dealkylation sites (tertiary alicyclic amines) is 1. The van der Waals surface area contributed by atoms with Gasteiger partial charge in [-0.2, -0.15) is 0 Å². The lowest BCUT2D eigenvalue weighted by atomic mass is 9.84. The van der Waals surface area contributed by atoms with Crippen LogP contribution in [0.15, 0.2) is 101 Å². The first-order chi connectivity index (χ1) is 22.6. The van der Waals surface area contributed by atoms with E-state index in [-0.39, 0.29) is 11.6 Å². The molecule has 1 fully saturated rings. The Hall–Kier alpha value is -2.91. The lowest BCUT2D eigenvalue weighted by Crippen LogP contribution is -2.42. The van der Waals surface area contributed by atoms with Crippen LogP contribution in [0.2, 0.25) is 10.0 Å². The van der Waals surface area contributed by atoms with Crippen molar-refractivity contribution < 1.29 is 14.3 Å². The maximum atomic E-state index is 12.9. The Balaban J connectivity index is 0.000000189. The molecule has 0 atom stereocenters. The van der Waals surface area contributed by atoms with E-state index in [1.165, 1.54) is 45.4 Å². The highest BCUT2D eigenvalue weighted by Crippen LogP contribution is 2.48. The molecule has 2 aliphatic rings. The summed E-state index contributed by atoms with van der Waals surface area (Å²) in [5, 5.41) is 12.3. The van der Waals surface area contributed by atoms with Crippen LogP contribution in [0.4, 0.5) is 15.8 Å². The predicted molar refractivity (Wildman–Crippen MR) is 193 cm³/mol. The van der Waals surface area contributed by atoms with Crippen LogP contribution in [0, 0.1) is 5.82 Å². The molecule has 0 saturated carbocycles. The molecular weight excluding hydrogens is 652 g/mol. The fourth-order valence-electron chi connectivity index (χ4n) is 6.03. The number of para-hydroxylation sites is 1. The molecule has 47 heavy (non-hydrogen) atoms. The maximum Gasteiger partial charge on any atom is 0.162 e. The average molecular weight is 695 g/mol. The largest absolute Gasteiger partial charge is 0.385 e. The van der Waals surface area contributed by atoms with E-state index in [1.54, 1.807) is 0 Å².